The summed E-state index contributed by atoms with van der Waals surface area (Å²) in [5, 5.41) is 89.3. The molecule has 22 nitrogen and oxygen atoms in total. The molecule has 0 amide bonds. The molecule has 0 rings (SSSR count). The second-order valence-electron chi connectivity index (χ2n) is 2.87. The van der Waals surface area contributed by atoms with Gasteiger partial charge in [0.05, 0.1) is 59.7 Å². The zero-order valence-electron chi connectivity index (χ0n) is 17.9. The zero-order chi connectivity index (χ0) is 25.8. The third-order valence-electron chi connectivity index (χ3n) is 0.833. The number of carboxylic acids is 10. The molecule has 36 heavy (non-hydrogen) atoms. The van der Waals surface area contributed by atoms with E-state index in [4.69, 9.17) is 99.0 Å². The van der Waals surface area contributed by atoms with Crippen LogP contribution < -0.4 is 166 Å². The molecule has 0 aliphatic carbocycles. The van der Waals surface area contributed by atoms with E-state index < -0.39 is 59.7 Å². The summed E-state index contributed by atoms with van der Waals surface area (Å²) in [4.78, 5) is 89.3. The molecule has 0 heterocycles. The molecule has 0 unspecified atom stereocenters. The van der Waals surface area contributed by atoms with E-state index in [1.165, 1.54) is 0 Å². The molecule has 0 atom stereocenters. The van der Waals surface area contributed by atoms with Gasteiger partial charge in [-0.3, -0.25) is 0 Å². The quantitative estimate of drug-likeness (QED) is 0.179. The monoisotopic (exact) mass is 666 g/mol. The summed E-state index contributed by atoms with van der Waals surface area (Å²) in [5.41, 5.74) is 0. The molecule has 8 N–H and O–H groups in total. The number of carbonyl (C=O) groups excluding carboxylic acids is 10. The molecular weight excluding hydrogens is 658 g/mol. The van der Waals surface area contributed by atoms with Crippen LogP contribution in [0.4, 0.5) is 0 Å². The third kappa shape index (κ3) is 93.7. The van der Waals surface area contributed by atoms with Crippen LogP contribution in [-0.4, -0.2) is 59.7 Å². The van der Waals surface area contributed by atoms with Crippen LogP contribution in [0.3, 0.4) is 0 Å². The molecule has 0 saturated heterocycles. The minimum atomic E-state index is -2.19. The van der Waals surface area contributed by atoms with E-state index in [0.717, 1.165) is 0 Å². The van der Waals surface area contributed by atoms with Gasteiger partial charge in [0, 0.05) is 0 Å². The number of carbonyl (C=O) groups is 10. The van der Waals surface area contributed by atoms with Crippen molar-refractivity contribution in [3.05, 3.63) is 0 Å². The smallest absolute Gasteiger partial charge is 0.543 e. The zero-order valence-corrected chi connectivity index (χ0v) is 26.3. The van der Waals surface area contributed by atoms with E-state index in [1.54, 1.807) is 0 Å². The van der Waals surface area contributed by atoms with Gasteiger partial charge in [-0.1, -0.05) is 0 Å². The van der Waals surface area contributed by atoms with Gasteiger partial charge in [0.2, 0.25) is 0 Å². The predicted octanol–water partition coefficient (Wildman–Crippen LogP) is -22.8. The minimum Gasteiger partial charge on any atom is -0.543 e. The number of carboxylic acid groups (broad SMARTS) is 10. The van der Waals surface area contributed by atoms with Gasteiger partial charge in [0.25, 0.3) is 0 Å². The Labute approximate surface area is 303 Å². The van der Waals surface area contributed by atoms with E-state index in [9.17, 15) is 0 Å². The van der Waals surface area contributed by atoms with Crippen molar-refractivity contribution in [3.63, 3.8) is 0 Å². The van der Waals surface area contributed by atoms with Crippen LogP contribution in [0, 0.1) is 0 Å². The summed E-state index contributed by atoms with van der Waals surface area (Å²) in [6, 6.07) is 0. The number of quaternary nitrogens is 2. The first-order valence-corrected chi connectivity index (χ1v) is 5.33. The maximum atomic E-state index is 8.93. The van der Waals surface area contributed by atoms with Crippen molar-refractivity contribution in [2.75, 3.05) is 0 Å². The van der Waals surface area contributed by atoms with E-state index in [2.05, 4.69) is 0 Å². The summed E-state index contributed by atoms with van der Waals surface area (Å²) in [5.74, 6) is -21.9. The van der Waals surface area contributed by atoms with Crippen LogP contribution in [-0.2, 0) is 82.1 Å². The second-order valence-corrected chi connectivity index (χ2v) is 2.87. The molecule has 26 heteroatoms. The summed E-state index contributed by atoms with van der Waals surface area (Å²) in [7, 11) is 0. The second kappa shape index (κ2) is 44.0. The Morgan fingerprint density at radius 3 is 0.278 bits per heavy atom. The van der Waals surface area contributed by atoms with Crippen molar-refractivity contribution in [3.8, 4) is 0 Å². The van der Waals surface area contributed by atoms with E-state index >= 15 is 0 Å². The SMILES string of the molecule is O=C([O-])C(=O)[O-].O=C([O-])C(=O)[O-].O=C([O-])C(=O)[O-].O=C([O-])C(=O)[O-].O=C([O-])C(=O)[O-].[Fe+3].[Fe+3].[K+].[K+].[NH4+].[NH4+]. The molecule has 0 aliphatic rings. The van der Waals surface area contributed by atoms with E-state index in [0.29, 0.717) is 0 Å². The van der Waals surface area contributed by atoms with Gasteiger partial charge in [-0.2, -0.15) is 0 Å². The average Bonchev–Trinajstić information content (AvgIpc) is 2.56. The molecule has 196 valence electrons. The maximum Gasteiger partial charge on any atom is 3.00 e. The van der Waals surface area contributed by atoms with Gasteiger partial charge in [0.1, 0.15) is 0 Å². The molecule has 0 bridgehead atoms. The number of rotatable bonds is 0. The fraction of sp³-hybridized carbons (Fsp3) is 0. The molecule has 0 aliphatic heterocycles. The summed E-state index contributed by atoms with van der Waals surface area (Å²) in [6.45, 7) is 0. The number of hydrogen-bond donors (Lipinski definition) is 2. The van der Waals surface area contributed by atoms with Crippen LogP contribution in [0.25, 0.3) is 0 Å². The largest absolute Gasteiger partial charge is 3.00 e. The van der Waals surface area contributed by atoms with E-state index in [1.807, 2.05) is 0 Å². The summed E-state index contributed by atoms with van der Waals surface area (Å²) >= 11 is 0. The van der Waals surface area contributed by atoms with E-state index in [-0.39, 0.29) is 149 Å². The van der Waals surface area contributed by atoms with Gasteiger partial charge in [-0.05, 0) is 0 Å². The minimum absolute atomic E-state index is 0. The van der Waals surface area contributed by atoms with Crippen LogP contribution in [0.15, 0.2) is 0 Å². The van der Waals surface area contributed by atoms with Gasteiger partial charge in [-0.15, -0.1) is 0 Å². The van der Waals surface area contributed by atoms with Crippen molar-refractivity contribution in [1.29, 1.82) is 0 Å². The van der Waals surface area contributed by atoms with Gasteiger partial charge in [0.15, 0.2) is 0 Å². The van der Waals surface area contributed by atoms with Crippen molar-refractivity contribution < 1.29 is 236 Å². The van der Waals surface area contributed by atoms with Gasteiger partial charge in [-0.25, -0.2) is 0 Å². The third-order valence-corrected chi connectivity index (χ3v) is 0.833. The standard InChI is InChI=1S/5C2H2O4.2Fe.2K.2H3N/c5*3-1(4)2(5)6;;;;;;/h5*(H,3,4)(H,5,6);;;;;2*1H3/q;;;;;2*+3;2*+1;;/p-8. The Morgan fingerprint density at radius 2 is 0.278 bits per heavy atom. The first kappa shape index (κ1) is 70.2. The van der Waals surface area contributed by atoms with Crippen molar-refractivity contribution in [2.45, 2.75) is 0 Å². The molecule has 0 fully saturated rings. The number of aliphatic carboxylic acids is 10. The first-order chi connectivity index (χ1) is 13.2. The Morgan fingerprint density at radius 1 is 0.250 bits per heavy atom. The molecule has 0 aromatic heterocycles. The van der Waals surface area contributed by atoms with Crippen LogP contribution in [0.2, 0.25) is 0 Å². The normalized spacial score (nSPS) is 6.11. The van der Waals surface area contributed by atoms with Crippen molar-refractivity contribution >= 4 is 59.7 Å². The average molecular weight is 666 g/mol. The Bertz CT molecular complexity index is 530. The summed E-state index contributed by atoms with van der Waals surface area (Å²) in [6.07, 6.45) is 0. The topological polar surface area (TPSA) is 474 Å². The molecule has 0 aromatic carbocycles. The van der Waals surface area contributed by atoms with Crippen LogP contribution in [0.5, 0.6) is 0 Å². The van der Waals surface area contributed by atoms with Crippen molar-refractivity contribution in [1.82, 2.24) is 12.3 Å². The summed E-state index contributed by atoms with van der Waals surface area (Å²) < 4.78 is 0. The molecule has 0 aromatic rings. The molecule has 0 spiro atoms. The number of hydrogen-bond acceptors (Lipinski definition) is 20. The molecule has 0 saturated carbocycles. The first-order valence-electron chi connectivity index (χ1n) is 5.33. The Hall–Kier alpha value is -1.07. The Balaban J connectivity index is -0.0000000231. The van der Waals surface area contributed by atoms with Gasteiger partial charge < -0.3 is 111 Å². The fourth-order valence-corrected chi connectivity index (χ4v) is 0. The fourth-order valence-electron chi connectivity index (χ4n) is 0. The maximum absolute atomic E-state index is 8.93. The molecule has 2 radical (unpaired) electrons. The molecular formula is C10H8Fe2K2N2O20. The van der Waals surface area contributed by atoms with Crippen molar-refractivity contribution in [2.24, 2.45) is 0 Å². The van der Waals surface area contributed by atoms with Gasteiger partial charge >= 0.3 is 137 Å². The predicted molar refractivity (Wildman–Crippen MR) is 62.0 cm³/mol. The Kier molecular flexibility index (Phi) is 85.8. The van der Waals surface area contributed by atoms with Crippen LogP contribution >= 0.6 is 0 Å². The van der Waals surface area contributed by atoms with Crippen LogP contribution in [0.1, 0.15) is 0 Å².